The van der Waals surface area contributed by atoms with Gasteiger partial charge in [-0.2, -0.15) is 0 Å². The molecule has 2 rings (SSSR count). The van der Waals surface area contributed by atoms with Crippen LogP contribution in [0, 0.1) is 0 Å². The Morgan fingerprint density at radius 2 is 1.27 bits per heavy atom. The molecular formula is C12H14Cl2Ti. The summed E-state index contributed by atoms with van der Waals surface area (Å²) in [7, 11) is 0. The third kappa shape index (κ3) is 3.64. The van der Waals surface area contributed by atoms with Gasteiger partial charge in [0.15, 0.2) is 0 Å². The zero-order valence-corrected chi connectivity index (χ0v) is 12.1. The van der Waals surface area contributed by atoms with Crippen LogP contribution in [0.25, 0.3) is 0 Å². The molecule has 2 aliphatic carbocycles. The van der Waals surface area contributed by atoms with Gasteiger partial charge in [0.05, 0.1) is 0 Å². The van der Waals surface area contributed by atoms with Gasteiger partial charge < -0.3 is 24.8 Å². The summed E-state index contributed by atoms with van der Waals surface area (Å²) in [6.45, 7) is 4.50. The molecule has 0 amide bonds. The maximum Gasteiger partial charge on any atom is -1.00 e. The van der Waals surface area contributed by atoms with Gasteiger partial charge >= 0.3 is 89.0 Å². The zero-order chi connectivity index (χ0) is 9.26. The topological polar surface area (TPSA) is 0 Å². The maximum atomic E-state index is 2.30. The van der Waals surface area contributed by atoms with Crippen molar-refractivity contribution in [2.24, 2.45) is 0 Å². The largest absolute Gasteiger partial charge is 1.00 e. The van der Waals surface area contributed by atoms with Gasteiger partial charge in [0.1, 0.15) is 0 Å². The van der Waals surface area contributed by atoms with E-state index >= 15 is 0 Å². The van der Waals surface area contributed by atoms with Crippen molar-refractivity contribution >= 4 is 0 Å². The van der Waals surface area contributed by atoms with E-state index in [2.05, 4.69) is 38.2 Å². The van der Waals surface area contributed by atoms with E-state index in [1.165, 1.54) is 24.0 Å². The van der Waals surface area contributed by atoms with Crippen molar-refractivity contribution in [3.8, 4) is 0 Å². The summed E-state index contributed by atoms with van der Waals surface area (Å²) in [4.78, 5) is 0. The Morgan fingerprint density at radius 1 is 0.867 bits per heavy atom. The summed E-state index contributed by atoms with van der Waals surface area (Å²) in [6, 6.07) is 0. The molecule has 0 heterocycles. The van der Waals surface area contributed by atoms with Crippen LogP contribution < -0.4 is 24.8 Å². The molecule has 0 saturated heterocycles. The summed E-state index contributed by atoms with van der Waals surface area (Å²) in [6.07, 6.45) is 11.6. The predicted octanol–water partition coefficient (Wildman–Crippen LogP) is -2.46. The second-order valence-corrected chi connectivity index (χ2v) is 5.94. The molecular weight excluding hydrogens is 263 g/mol. The van der Waals surface area contributed by atoms with Crippen molar-refractivity contribution < 1.29 is 44.0 Å². The number of rotatable bonds is 2. The number of allylic oxidation sites excluding steroid dienone is 8. The molecule has 0 spiro atoms. The van der Waals surface area contributed by atoms with E-state index in [1.807, 2.05) is 0 Å². The molecule has 0 atom stereocenters. The quantitative estimate of drug-likeness (QED) is 0.491. The van der Waals surface area contributed by atoms with Crippen molar-refractivity contribution in [3.05, 3.63) is 43.2 Å². The van der Waals surface area contributed by atoms with Crippen molar-refractivity contribution in [2.75, 3.05) is 0 Å². The van der Waals surface area contributed by atoms with Crippen LogP contribution in [0.15, 0.2) is 43.2 Å². The average molecular weight is 277 g/mol. The van der Waals surface area contributed by atoms with E-state index in [9.17, 15) is 0 Å². The summed E-state index contributed by atoms with van der Waals surface area (Å²) in [5, 5.41) is 0. The first-order chi connectivity index (χ1) is 6.27. The molecule has 80 valence electrons. The van der Waals surface area contributed by atoms with Crippen molar-refractivity contribution in [1.82, 2.24) is 0 Å². The monoisotopic (exact) mass is 276 g/mol. The van der Waals surface area contributed by atoms with Crippen LogP contribution in [0.2, 0.25) is 0 Å². The molecule has 2 aliphatic rings. The standard InChI is InChI=1S/2C6H7.2ClH.Ti/c2*1-6-4-2-3-5-6;;;/h2*2,4H,3H2,1H3;2*1H;/q;;;;+2/p-2. The summed E-state index contributed by atoms with van der Waals surface area (Å²) >= 11 is 0.0324. The van der Waals surface area contributed by atoms with Gasteiger partial charge in [0.2, 0.25) is 0 Å². The minimum absolute atomic E-state index is 0. The Bertz CT molecular complexity index is 315. The smallest absolute Gasteiger partial charge is 1.00 e. The molecule has 0 unspecified atom stereocenters. The normalized spacial score (nSPS) is 17.7. The molecule has 0 bridgehead atoms. The summed E-state index contributed by atoms with van der Waals surface area (Å²) in [5.74, 6) is 0. The number of hydrogen-bond donors (Lipinski definition) is 0. The molecule has 0 fully saturated rings. The van der Waals surface area contributed by atoms with Crippen LogP contribution in [0.1, 0.15) is 26.7 Å². The first kappa shape index (κ1) is 15.3. The van der Waals surface area contributed by atoms with Gasteiger partial charge in [-0.3, -0.25) is 0 Å². The van der Waals surface area contributed by atoms with Crippen molar-refractivity contribution in [1.29, 1.82) is 0 Å². The fraction of sp³-hybridized carbons (Fsp3) is 0.333. The molecule has 0 aromatic rings. The first-order valence-electron chi connectivity index (χ1n) is 4.77. The Morgan fingerprint density at radius 3 is 1.53 bits per heavy atom. The molecule has 0 aliphatic heterocycles. The van der Waals surface area contributed by atoms with E-state index in [1.54, 1.807) is 7.76 Å². The molecule has 0 aromatic carbocycles. The molecule has 0 aromatic heterocycles. The van der Waals surface area contributed by atoms with Gasteiger partial charge in [0.25, 0.3) is 0 Å². The fourth-order valence-electron chi connectivity index (χ4n) is 1.71. The summed E-state index contributed by atoms with van der Waals surface area (Å²) < 4.78 is 3.47. The van der Waals surface area contributed by atoms with E-state index < -0.39 is 0 Å². The predicted molar refractivity (Wildman–Crippen MR) is 52.9 cm³/mol. The minimum atomic E-state index is 0. The Hall–Kier alpha value is 0.254. The third-order valence-electron chi connectivity index (χ3n) is 2.63. The van der Waals surface area contributed by atoms with E-state index in [-0.39, 0.29) is 44.0 Å². The van der Waals surface area contributed by atoms with Gasteiger partial charge in [-0.15, -0.1) is 0 Å². The van der Waals surface area contributed by atoms with E-state index in [0.717, 1.165) is 0 Å². The zero-order valence-electron chi connectivity index (χ0n) is 8.98. The Kier molecular flexibility index (Phi) is 6.87. The van der Waals surface area contributed by atoms with Crippen LogP contribution in [0.5, 0.6) is 0 Å². The summed E-state index contributed by atoms with van der Waals surface area (Å²) in [5.41, 5.74) is 3.07. The minimum Gasteiger partial charge on any atom is -1.00 e. The van der Waals surface area contributed by atoms with Gasteiger partial charge in [-0.1, -0.05) is 0 Å². The average Bonchev–Trinajstić information content (AvgIpc) is 2.65. The van der Waals surface area contributed by atoms with Crippen LogP contribution in [-0.2, 0) is 19.2 Å². The van der Waals surface area contributed by atoms with E-state index in [4.69, 9.17) is 0 Å². The molecule has 15 heavy (non-hydrogen) atoms. The van der Waals surface area contributed by atoms with Crippen LogP contribution in [0.3, 0.4) is 0 Å². The first-order valence-corrected chi connectivity index (χ1v) is 6.33. The fourth-order valence-corrected chi connectivity index (χ4v) is 3.84. The van der Waals surface area contributed by atoms with Gasteiger partial charge in [0, 0.05) is 0 Å². The molecule has 0 N–H and O–H groups in total. The molecule has 0 radical (unpaired) electrons. The third-order valence-corrected chi connectivity index (χ3v) is 5.44. The van der Waals surface area contributed by atoms with Gasteiger partial charge in [-0.05, 0) is 0 Å². The molecule has 0 saturated carbocycles. The van der Waals surface area contributed by atoms with Gasteiger partial charge in [-0.25, -0.2) is 0 Å². The van der Waals surface area contributed by atoms with E-state index in [0.29, 0.717) is 0 Å². The SMILES string of the molecule is CC1=[C]([Ti+2][C]2=C(C)C=CC2)CC=C1.[Cl-].[Cl-]. The number of hydrogen-bond acceptors (Lipinski definition) is 0. The number of halogens is 2. The Labute approximate surface area is 113 Å². The van der Waals surface area contributed by atoms with Crippen LogP contribution in [0.4, 0.5) is 0 Å². The van der Waals surface area contributed by atoms with Crippen molar-refractivity contribution in [2.45, 2.75) is 26.7 Å². The Balaban J connectivity index is 0.000000980. The second-order valence-electron chi connectivity index (χ2n) is 3.66. The van der Waals surface area contributed by atoms with Crippen molar-refractivity contribution in [3.63, 3.8) is 0 Å². The molecule has 3 heteroatoms. The second kappa shape index (κ2) is 6.75. The maximum absolute atomic E-state index is 2.30. The van der Waals surface area contributed by atoms with Crippen LogP contribution in [-0.4, -0.2) is 0 Å². The molecule has 0 nitrogen and oxygen atoms in total. The van der Waals surface area contributed by atoms with Crippen LogP contribution >= 0.6 is 0 Å².